The minimum absolute atomic E-state index is 0.328. The van der Waals surface area contributed by atoms with Gasteiger partial charge in [0.1, 0.15) is 0 Å². The fourth-order valence-corrected chi connectivity index (χ4v) is 1.78. The van der Waals surface area contributed by atoms with E-state index in [0.29, 0.717) is 18.8 Å². The standard InChI is InChI=1S/C10H12O.CH4O3S/c11-7-8-5-9-3-1-2-4-10(9)6-8;1-5(2,3)4/h1-4,8,11H,5-7H2;1H3,(H,2,3,4). The van der Waals surface area contributed by atoms with E-state index in [2.05, 4.69) is 24.3 Å². The van der Waals surface area contributed by atoms with Gasteiger partial charge in [0.15, 0.2) is 0 Å². The van der Waals surface area contributed by atoms with E-state index in [1.54, 1.807) is 0 Å². The number of aliphatic hydroxyl groups is 1. The predicted molar refractivity (Wildman–Crippen MR) is 61.9 cm³/mol. The highest BCUT2D eigenvalue weighted by molar-refractivity contribution is 7.85. The van der Waals surface area contributed by atoms with Crippen LogP contribution in [0.3, 0.4) is 0 Å². The van der Waals surface area contributed by atoms with Crippen molar-refractivity contribution in [2.24, 2.45) is 5.92 Å². The quantitative estimate of drug-likeness (QED) is 0.720. The Morgan fingerprint density at radius 1 is 1.25 bits per heavy atom. The van der Waals surface area contributed by atoms with Crippen molar-refractivity contribution in [2.45, 2.75) is 12.8 Å². The first-order chi connectivity index (χ1) is 7.40. The molecule has 90 valence electrons. The molecule has 1 aliphatic carbocycles. The third-order valence-corrected chi connectivity index (χ3v) is 2.39. The van der Waals surface area contributed by atoms with Crippen molar-refractivity contribution in [3.63, 3.8) is 0 Å². The molecular weight excluding hydrogens is 228 g/mol. The summed E-state index contributed by atoms with van der Waals surface area (Å²) in [6.45, 7) is 0.328. The van der Waals surface area contributed by atoms with E-state index >= 15 is 0 Å². The summed E-state index contributed by atoms with van der Waals surface area (Å²) in [5.74, 6) is 0.479. The molecule has 0 amide bonds. The van der Waals surface area contributed by atoms with Crippen molar-refractivity contribution >= 4 is 10.1 Å². The van der Waals surface area contributed by atoms with E-state index in [1.165, 1.54) is 11.1 Å². The van der Waals surface area contributed by atoms with Crippen molar-refractivity contribution in [1.29, 1.82) is 0 Å². The maximum absolute atomic E-state index is 9.19. The fourth-order valence-electron chi connectivity index (χ4n) is 1.78. The second kappa shape index (κ2) is 5.43. The summed E-state index contributed by atoms with van der Waals surface area (Å²) in [5.41, 5.74) is 2.85. The minimum atomic E-state index is -3.67. The number of fused-ring (bicyclic) bond motifs is 1. The zero-order valence-corrected chi connectivity index (χ0v) is 9.94. The molecule has 0 unspecified atom stereocenters. The largest absolute Gasteiger partial charge is 0.396 e. The Labute approximate surface area is 95.7 Å². The van der Waals surface area contributed by atoms with Gasteiger partial charge in [-0.1, -0.05) is 24.3 Å². The van der Waals surface area contributed by atoms with Gasteiger partial charge in [-0.25, -0.2) is 0 Å². The van der Waals surface area contributed by atoms with Gasteiger partial charge in [0, 0.05) is 6.61 Å². The Bertz CT molecular complexity index is 406. The second-order valence-corrected chi connectivity index (χ2v) is 5.42. The third-order valence-electron chi connectivity index (χ3n) is 2.39. The molecule has 1 aromatic rings. The van der Waals surface area contributed by atoms with Gasteiger partial charge < -0.3 is 5.11 Å². The van der Waals surface area contributed by atoms with Crippen LogP contribution in [0.15, 0.2) is 24.3 Å². The van der Waals surface area contributed by atoms with E-state index < -0.39 is 10.1 Å². The SMILES string of the molecule is CS(=O)(=O)O.OCC1Cc2ccccc2C1. The van der Waals surface area contributed by atoms with Gasteiger partial charge in [0.05, 0.1) is 6.26 Å². The predicted octanol–water partition coefficient (Wildman–Crippen LogP) is 0.898. The first-order valence-electron chi connectivity index (χ1n) is 5.00. The van der Waals surface area contributed by atoms with Gasteiger partial charge in [0.2, 0.25) is 0 Å². The summed E-state index contributed by atoms with van der Waals surface area (Å²) < 4.78 is 25.9. The molecular formula is C11H16O4S. The zero-order valence-electron chi connectivity index (χ0n) is 9.13. The maximum Gasteiger partial charge on any atom is 0.261 e. The smallest absolute Gasteiger partial charge is 0.261 e. The van der Waals surface area contributed by atoms with E-state index in [9.17, 15) is 8.42 Å². The third kappa shape index (κ3) is 4.74. The highest BCUT2D eigenvalue weighted by Crippen LogP contribution is 2.25. The van der Waals surface area contributed by atoms with Crippen molar-refractivity contribution in [3.8, 4) is 0 Å². The highest BCUT2D eigenvalue weighted by atomic mass is 32.2. The summed E-state index contributed by atoms with van der Waals surface area (Å²) >= 11 is 0. The molecule has 0 atom stereocenters. The highest BCUT2D eigenvalue weighted by Gasteiger charge is 2.19. The Kier molecular flexibility index (Phi) is 4.46. The molecule has 0 heterocycles. The molecule has 0 fully saturated rings. The van der Waals surface area contributed by atoms with Gasteiger partial charge in [-0.15, -0.1) is 0 Å². The van der Waals surface area contributed by atoms with Crippen LogP contribution >= 0.6 is 0 Å². The summed E-state index contributed by atoms with van der Waals surface area (Å²) in [6.07, 6.45) is 2.84. The topological polar surface area (TPSA) is 74.6 Å². The van der Waals surface area contributed by atoms with Crippen LogP contribution in [0.5, 0.6) is 0 Å². The molecule has 0 spiro atoms. The van der Waals surface area contributed by atoms with Crippen molar-refractivity contribution in [2.75, 3.05) is 12.9 Å². The molecule has 0 saturated heterocycles. The van der Waals surface area contributed by atoms with Crippen LogP contribution in [0.4, 0.5) is 0 Å². The summed E-state index contributed by atoms with van der Waals surface area (Å²) in [6, 6.07) is 8.45. The molecule has 0 radical (unpaired) electrons. The van der Waals surface area contributed by atoms with Crippen LogP contribution in [0, 0.1) is 5.92 Å². The molecule has 5 heteroatoms. The molecule has 0 bridgehead atoms. The second-order valence-electron chi connectivity index (χ2n) is 3.96. The fraction of sp³-hybridized carbons (Fsp3) is 0.455. The molecule has 4 nitrogen and oxygen atoms in total. The van der Waals surface area contributed by atoms with E-state index in [-0.39, 0.29) is 0 Å². The van der Waals surface area contributed by atoms with Crippen LogP contribution in [0.2, 0.25) is 0 Å². The Hall–Kier alpha value is -0.910. The van der Waals surface area contributed by atoms with Crippen molar-refractivity contribution < 1.29 is 18.1 Å². The molecule has 2 N–H and O–H groups in total. The van der Waals surface area contributed by atoms with E-state index in [4.69, 9.17) is 9.66 Å². The number of rotatable bonds is 1. The Morgan fingerprint density at radius 2 is 1.62 bits per heavy atom. The van der Waals surface area contributed by atoms with Gasteiger partial charge in [-0.2, -0.15) is 8.42 Å². The van der Waals surface area contributed by atoms with Crippen molar-refractivity contribution in [1.82, 2.24) is 0 Å². The normalized spacial score (nSPS) is 15.2. The Balaban J connectivity index is 0.000000221. The lowest BCUT2D eigenvalue weighted by molar-refractivity contribution is 0.232. The summed E-state index contributed by atoms with van der Waals surface area (Å²) in [5, 5.41) is 8.94. The van der Waals surface area contributed by atoms with E-state index in [0.717, 1.165) is 12.8 Å². The maximum atomic E-state index is 9.19. The molecule has 0 aliphatic heterocycles. The van der Waals surface area contributed by atoms with Gasteiger partial charge in [-0.3, -0.25) is 4.55 Å². The van der Waals surface area contributed by atoms with Crippen LogP contribution in [-0.4, -0.2) is 30.9 Å². The van der Waals surface area contributed by atoms with Crippen LogP contribution < -0.4 is 0 Å². The Morgan fingerprint density at radius 3 is 1.94 bits per heavy atom. The zero-order chi connectivity index (χ0) is 12.2. The average molecular weight is 244 g/mol. The first kappa shape index (κ1) is 13.2. The minimum Gasteiger partial charge on any atom is -0.396 e. The lowest BCUT2D eigenvalue weighted by Gasteiger charge is -2.00. The summed E-state index contributed by atoms with van der Waals surface area (Å²) in [7, 11) is -3.67. The summed E-state index contributed by atoms with van der Waals surface area (Å²) in [4.78, 5) is 0. The van der Waals surface area contributed by atoms with Crippen LogP contribution in [0.1, 0.15) is 11.1 Å². The molecule has 1 aliphatic rings. The average Bonchev–Trinajstić information content (AvgIpc) is 2.57. The number of aliphatic hydroxyl groups excluding tert-OH is 1. The lowest BCUT2D eigenvalue weighted by Crippen LogP contribution is -2.04. The molecule has 1 aromatic carbocycles. The monoisotopic (exact) mass is 244 g/mol. The number of hydrogen-bond acceptors (Lipinski definition) is 3. The molecule has 16 heavy (non-hydrogen) atoms. The number of benzene rings is 1. The van der Waals surface area contributed by atoms with Crippen molar-refractivity contribution in [3.05, 3.63) is 35.4 Å². The number of hydrogen-bond donors (Lipinski definition) is 2. The molecule has 0 saturated carbocycles. The lowest BCUT2D eigenvalue weighted by atomic mass is 10.1. The van der Waals surface area contributed by atoms with Gasteiger partial charge >= 0.3 is 0 Å². The van der Waals surface area contributed by atoms with Gasteiger partial charge in [0.25, 0.3) is 10.1 Å². The van der Waals surface area contributed by atoms with Crippen LogP contribution in [-0.2, 0) is 23.0 Å². The van der Waals surface area contributed by atoms with E-state index in [1.807, 2.05) is 0 Å². The molecule has 2 rings (SSSR count). The first-order valence-corrected chi connectivity index (χ1v) is 6.85. The van der Waals surface area contributed by atoms with Crippen LogP contribution in [0.25, 0.3) is 0 Å². The molecule has 0 aromatic heterocycles. The van der Waals surface area contributed by atoms with Gasteiger partial charge in [-0.05, 0) is 29.9 Å².